The van der Waals surface area contributed by atoms with Gasteiger partial charge in [0, 0.05) is 0 Å². The van der Waals surface area contributed by atoms with Crippen molar-refractivity contribution in [2.24, 2.45) is 0 Å². The molecule has 1 aliphatic heterocycles. The molecule has 1 heterocycles. The molecular formula is C8F14O. The topological polar surface area (TPSA) is 9.23 Å². The Labute approximate surface area is 115 Å². The van der Waals surface area contributed by atoms with Crippen molar-refractivity contribution in [3.8, 4) is 0 Å². The molecule has 0 amide bonds. The zero-order valence-corrected chi connectivity index (χ0v) is 9.70. The number of ether oxygens (including phenoxy) is 1. The van der Waals surface area contributed by atoms with Gasteiger partial charge in [0.25, 0.3) is 0 Å². The lowest BCUT2D eigenvalue weighted by atomic mass is 9.96. The van der Waals surface area contributed by atoms with Crippen LogP contribution in [0.25, 0.3) is 0 Å². The molecular weight excluding hydrogens is 378 g/mol. The quantitative estimate of drug-likeness (QED) is 0.636. The lowest BCUT2D eigenvalue weighted by Gasteiger charge is -2.38. The molecule has 0 aromatic carbocycles. The Morgan fingerprint density at radius 1 is 0.652 bits per heavy atom. The van der Waals surface area contributed by atoms with Gasteiger partial charge < -0.3 is 0 Å². The summed E-state index contributed by atoms with van der Waals surface area (Å²) in [6.07, 6.45) is -13.4. The van der Waals surface area contributed by atoms with Gasteiger partial charge in [0.2, 0.25) is 11.7 Å². The lowest BCUT2D eigenvalue weighted by molar-refractivity contribution is -0.442. The van der Waals surface area contributed by atoms with E-state index in [1.165, 1.54) is 0 Å². The van der Waals surface area contributed by atoms with Crippen LogP contribution in [0, 0.1) is 0 Å². The van der Waals surface area contributed by atoms with Crippen molar-refractivity contribution in [1.29, 1.82) is 0 Å². The highest BCUT2D eigenvalue weighted by atomic mass is 19.4. The van der Waals surface area contributed by atoms with Gasteiger partial charge in [-0.3, -0.25) is 4.74 Å². The van der Waals surface area contributed by atoms with E-state index in [4.69, 9.17) is 0 Å². The molecule has 1 atom stereocenters. The maximum atomic E-state index is 13.3. The summed E-state index contributed by atoms with van der Waals surface area (Å²) in [5, 5.41) is 0. The molecule has 1 aliphatic rings. The van der Waals surface area contributed by atoms with Crippen LogP contribution in [0.15, 0.2) is 11.7 Å². The largest absolute Gasteiger partial charge is 0.460 e. The predicted molar refractivity (Wildman–Crippen MR) is 40.0 cm³/mol. The van der Waals surface area contributed by atoms with Crippen LogP contribution in [-0.4, -0.2) is 35.9 Å². The molecule has 0 N–H and O–H groups in total. The third-order valence-corrected chi connectivity index (χ3v) is 2.55. The highest BCUT2D eigenvalue weighted by molar-refractivity contribution is 5.27. The molecule has 1 unspecified atom stereocenters. The molecule has 0 radical (unpaired) electrons. The summed E-state index contributed by atoms with van der Waals surface area (Å²) in [5.74, 6) is -37.7. The normalized spacial score (nSPS) is 26.9. The van der Waals surface area contributed by atoms with Crippen molar-refractivity contribution in [3.63, 3.8) is 0 Å². The SMILES string of the molecule is FC1=C(F)C(F)(C(F)(F)C(F)(F)C(F)(F)C(F)(F)F)OC1(F)F. The van der Waals surface area contributed by atoms with Gasteiger partial charge in [0.1, 0.15) is 0 Å². The molecule has 0 aromatic heterocycles. The molecule has 23 heavy (non-hydrogen) atoms. The number of alkyl halides is 12. The van der Waals surface area contributed by atoms with Crippen LogP contribution < -0.4 is 0 Å². The zero-order chi connectivity index (χ0) is 18.9. The summed E-state index contributed by atoms with van der Waals surface area (Å²) in [5.41, 5.74) is 0. The fraction of sp³-hybridized carbons (Fsp3) is 0.750. The van der Waals surface area contributed by atoms with Crippen LogP contribution >= 0.6 is 0 Å². The molecule has 0 bridgehead atoms. The van der Waals surface area contributed by atoms with Gasteiger partial charge in [0.05, 0.1) is 0 Å². The summed E-state index contributed by atoms with van der Waals surface area (Å²) in [6.45, 7) is 0. The van der Waals surface area contributed by atoms with Crippen LogP contribution in [-0.2, 0) is 4.74 Å². The van der Waals surface area contributed by atoms with Crippen LogP contribution in [0.1, 0.15) is 0 Å². The first-order valence-electron chi connectivity index (χ1n) is 4.80. The second kappa shape index (κ2) is 4.63. The maximum absolute atomic E-state index is 13.3. The molecule has 136 valence electrons. The van der Waals surface area contributed by atoms with Crippen molar-refractivity contribution < 1.29 is 66.2 Å². The van der Waals surface area contributed by atoms with Gasteiger partial charge in [-0.05, 0) is 0 Å². The summed E-state index contributed by atoms with van der Waals surface area (Å²) in [4.78, 5) is 0. The fourth-order valence-corrected chi connectivity index (χ4v) is 1.31. The van der Waals surface area contributed by atoms with Gasteiger partial charge in [-0.1, -0.05) is 0 Å². The van der Waals surface area contributed by atoms with E-state index in [9.17, 15) is 61.5 Å². The third-order valence-electron chi connectivity index (χ3n) is 2.55. The first kappa shape index (κ1) is 19.8. The van der Waals surface area contributed by atoms with E-state index in [1.54, 1.807) is 0 Å². The lowest BCUT2D eigenvalue weighted by Crippen LogP contribution is -2.68. The summed E-state index contributed by atoms with van der Waals surface area (Å²) in [7, 11) is 0. The van der Waals surface area contributed by atoms with Gasteiger partial charge in [-0.25, -0.2) is 4.39 Å². The molecule has 0 saturated carbocycles. The molecule has 15 heteroatoms. The predicted octanol–water partition coefficient (Wildman–Crippen LogP) is 4.89. The van der Waals surface area contributed by atoms with Crippen molar-refractivity contribution in [1.82, 2.24) is 0 Å². The van der Waals surface area contributed by atoms with Gasteiger partial charge in [-0.2, -0.15) is 57.1 Å². The highest BCUT2D eigenvalue weighted by Gasteiger charge is 2.90. The molecule has 0 aliphatic carbocycles. The first-order chi connectivity index (χ1) is 9.77. The minimum Gasteiger partial charge on any atom is -0.265 e. The van der Waals surface area contributed by atoms with E-state index < -0.39 is 47.6 Å². The van der Waals surface area contributed by atoms with Crippen LogP contribution in [0.4, 0.5) is 61.5 Å². The third kappa shape index (κ3) is 2.26. The Balaban J connectivity index is 3.54. The number of halogens is 14. The van der Waals surface area contributed by atoms with Crippen molar-refractivity contribution in [2.75, 3.05) is 0 Å². The van der Waals surface area contributed by atoms with E-state index >= 15 is 0 Å². The second-order valence-electron chi connectivity index (χ2n) is 4.06. The Kier molecular flexibility index (Phi) is 3.98. The molecule has 0 saturated heterocycles. The number of hydrogen-bond acceptors (Lipinski definition) is 1. The van der Waals surface area contributed by atoms with Crippen LogP contribution in [0.5, 0.6) is 0 Å². The molecule has 0 fully saturated rings. The van der Waals surface area contributed by atoms with Crippen LogP contribution in [0.2, 0.25) is 0 Å². The smallest absolute Gasteiger partial charge is 0.265 e. The second-order valence-corrected chi connectivity index (χ2v) is 4.06. The fourth-order valence-electron chi connectivity index (χ4n) is 1.31. The zero-order valence-electron chi connectivity index (χ0n) is 9.70. The molecule has 1 rings (SSSR count). The summed E-state index contributed by atoms with van der Waals surface area (Å²) < 4.78 is 177. The van der Waals surface area contributed by atoms with Crippen molar-refractivity contribution >= 4 is 0 Å². The molecule has 0 aromatic rings. The summed E-state index contributed by atoms with van der Waals surface area (Å²) in [6, 6.07) is 0. The van der Waals surface area contributed by atoms with Gasteiger partial charge in [-0.15, -0.1) is 0 Å². The minimum absolute atomic E-state index is 2.07. The van der Waals surface area contributed by atoms with E-state index in [-0.39, 0.29) is 0 Å². The van der Waals surface area contributed by atoms with E-state index in [2.05, 4.69) is 4.74 Å². The average Bonchev–Trinajstić information content (AvgIpc) is 2.48. The Morgan fingerprint density at radius 2 is 1.04 bits per heavy atom. The van der Waals surface area contributed by atoms with E-state index in [0.717, 1.165) is 0 Å². The average molecular weight is 378 g/mol. The minimum atomic E-state index is -7.83. The number of hydrogen-bond donors (Lipinski definition) is 0. The van der Waals surface area contributed by atoms with Crippen molar-refractivity contribution in [3.05, 3.63) is 11.7 Å². The Bertz CT molecular complexity index is 529. The van der Waals surface area contributed by atoms with Gasteiger partial charge >= 0.3 is 35.9 Å². The maximum Gasteiger partial charge on any atom is 0.460 e. The van der Waals surface area contributed by atoms with Crippen LogP contribution in [0.3, 0.4) is 0 Å². The Hall–Kier alpha value is -1.28. The van der Waals surface area contributed by atoms with E-state index in [1.807, 2.05) is 0 Å². The standard InChI is InChI=1S/C8F14O/c9-1-2(10)4(12,13)23-3(1,11)5(14,15)6(16,17)7(18,19)8(20,21)22. The van der Waals surface area contributed by atoms with E-state index in [0.29, 0.717) is 0 Å². The Morgan fingerprint density at radius 3 is 1.30 bits per heavy atom. The first-order valence-corrected chi connectivity index (χ1v) is 4.80. The van der Waals surface area contributed by atoms with Gasteiger partial charge in [0.15, 0.2) is 0 Å². The summed E-state index contributed by atoms with van der Waals surface area (Å²) >= 11 is 0. The number of rotatable bonds is 3. The van der Waals surface area contributed by atoms with Crippen molar-refractivity contribution in [2.45, 2.75) is 35.9 Å². The monoisotopic (exact) mass is 378 g/mol. The molecule has 0 spiro atoms. The highest BCUT2D eigenvalue weighted by Crippen LogP contribution is 2.62. The molecule has 1 nitrogen and oxygen atoms in total.